The van der Waals surface area contributed by atoms with Crippen LogP contribution in [0.1, 0.15) is 69.7 Å². The molecule has 2 aliphatic rings. The lowest BCUT2D eigenvalue weighted by molar-refractivity contribution is 0.0499. The highest BCUT2D eigenvalue weighted by atomic mass is 35.5. The Kier molecular flexibility index (Phi) is 8.60. The Morgan fingerprint density at radius 2 is 1.76 bits per heavy atom. The summed E-state index contributed by atoms with van der Waals surface area (Å²) in [5.74, 6) is -0.102. The SMILES string of the molecule is CC(C)(C)OC(=O)N[C@H]1CCCN(c2cc(Cl)ncc2-c2ccc(C(=O)N[C@H]3CC[C@H](O)CC3)cc2)C1. The minimum Gasteiger partial charge on any atom is -0.444 e. The van der Waals surface area contributed by atoms with Gasteiger partial charge in [-0.2, -0.15) is 0 Å². The van der Waals surface area contributed by atoms with Crippen LogP contribution in [0, 0.1) is 0 Å². The third-order valence-corrected chi connectivity index (χ3v) is 7.03. The van der Waals surface area contributed by atoms with Gasteiger partial charge in [0.15, 0.2) is 0 Å². The van der Waals surface area contributed by atoms with Crippen molar-refractivity contribution in [1.82, 2.24) is 15.6 Å². The van der Waals surface area contributed by atoms with Crippen LogP contribution in [0.5, 0.6) is 0 Å². The molecule has 1 saturated carbocycles. The van der Waals surface area contributed by atoms with Gasteiger partial charge >= 0.3 is 6.09 Å². The summed E-state index contributed by atoms with van der Waals surface area (Å²) in [4.78, 5) is 31.6. The minimum atomic E-state index is -0.549. The molecule has 200 valence electrons. The number of pyridine rings is 1. The Morgan fingerprint density at radius 3 is 2.43 bits per heavy atom. The lowest BCUT2D eigenvalue weighted by atomic mass is 9.93. The molecule has 4 rings (SSSR count). The van der Waals surface area contributed by atoms with Gasteiger partial charge in [0.2, 0.25) is 0 Å². The van der Waals surface area contributed by atoms with E-state index in [1.54, 1.807) is 6.20 Å². The zero-order valence-electron chi connectivity index (χ0n) is 21.8. The van der Waals surface area contributed by atoms with E-state index < -0.39 is 11.7 Å². The summed E-state index contributed by atoms with van der Waals surface area (Å²) in [6.45, 7) is 7.00. The molecule has 2 amide bonds. The molecular weight excluding hydrogens is 492 g/mol. The number of piperidine rings is 1. The lowest BCUT2D eigenvalue weighted by Crippen LogP contribution is -2.49. The predicted octanol–water partition coefficient (Wildman–Crippen LogP) is 4.93. The molecule has 9 heteroatoms. The van der Waals surface area contributed by atoms with Crippen molar-refractivity contribution in [3.05, 3.63) is 47.2 Å². The Hall–Kier alpha value is -2.84. The first-order valence-corrected chi connectivity index (χ1v) is 13.4. The van der Waals surface area contributed by atoms with Crippen LogP contribution in [0.4, 0.5) is 10.5 Å². The van der Waals surface area contributed by atoms with E-state index in [1.165, 1.54) is 0 Å². The van der Waals surface area contributed by atoms with Crippen LogP contribution in [0.25, 0.3) is 11.1 Å². The normalized spacial score (nSPS) is 22.3. The molecule has 0 radical (unpaired) electrons. The number of aromatic nitrogens is 1. The van der Waals surface area contributed by atoms with Gasteiger partial charge in [0.05, 0.1) is 6.10 Å². The third-order valence-electron chi connectivity index (χ3n) is 6.82. The van der Waals surface area contributed by atoms with Crippen molar-refractivity contribution in [1.29, 1.82) is 0 Å². The molecular formula is C28H37ClN4O4. The van der Waals surface area contributed by atoms with Crippen LogP contribution in [0.15, 0.2) is 36.5 Å². The molecule has 2 heterocycles. The summed E-state index contributed by atoms with van der Waals surface area (Å²) in [6.07, 6.45) is 5.91. The topological polar surface area (TPSA) is 104 Å². The molecule has 8 nitrogen and oxygen atoms in total. The summed E-state index contributed by atoms with van der Waals surface area (Å²) < 4.78 is 5.43. The summed E-state index contributed by atoms with van der Waals surface area (Å²) in [5, 5.41) is 16.2. The van der Waals surface area contributed by atoms with Gasteiger partial charge in [-0.05, 0) is 83.1 Å². The highest BCUT2D eigenvalue weighted by molar-refractivity contribution is 6.29. The van der Waals surface area contributed by atoms with Crippen molar-refractivity contribution in [2.45, 2.75) is 83.1 Å². The molecule has 0 spiro atoms. The number of carbonyl (C=O) groups is 2. The maximum Gasteiger partial charge on any atom is 0.407 e. The zero-order chi connectivity index (χ0) is 26.6. The molecule has 1 aliphatic heterocycles. The molecule has 0 bridgehead atoms. The van der Waals surface area contributed by atoms with Gasteiger partial charge in [0.1, 0.15) is 10.8 Å². The molecule has 1 aliphatic carbocycles. The molecule has 1 aromatic heterocycles. The Morgan fingerprint density at radius 1 is 1.05 bits per heavy atom. The number of alkyl carbamates (subject to hydrolysis) is 1. The van der Waals surface area contributed by atoms with E-state index in [4.69, 9.17) is 16.3 Å². The number of hydrogen-bond donors (Lipinski definition) is 3. The molecule has 2 fully saturated rings. The van der Waals surface area contributed by atoms with Crippen LogP contribution in [-0.2, 0) is 4.74 Å². The van der Waals surface area contributed by atoms with Crippen LogP contribution in [0.2, 0.25) is 5.15 Å². The highest BCUT2D eigenvalue weighted by Gasteiger charge is 2.26. The van der Waals surface area contributed by atoms with E-state index in [0.29, 0.717) is 17.3 Å². The van der Waals surface area contributed by atoms with Gasteiger partial charge in [-0.25, -0.2) is 9.78 Å². The van der Waals surface area contributed by atoms with Crippen molar-refractivity contribution in [3.8, 4) is 11.1 Å². The van der Waals surface area contributed by atoms with Crippen molar-refractivity contribution < 1.29 is 19.4 Å². The maximum absolute atomic E-state index is 12.8. The highest BCUT2D eigenvalue weighted by Crippen LogP contribution is 2.34. The molecule has 1 atom stereocenters. The second-order valence-electron chi connectivity index (χ2n) is 11.0. The number of anilines is 1. The molecule has 1 saturated heterocycles. The quantitative estimate of drug-likeness (QED) is 0.475. The van der Waals surface area contributed by atoms with Gasteiger partial charge in [0.25, 0.3) is 5.91 Å². The molecule has 3 N–H and O–H groups in total. The number of hydrogen-bond acceptors (Lipinski definition) is 6. The van der Waals surface area contributed by atoms with Crippen LogP contribution in [-0.4, -0.2) is 59.0 Å². The first kappa shape index (κ1) is 27.2. The third kappa shape index (κ3) is 7.58. The van der Waals surface area contributed by atoms with Gasteiger partial charge in [0, 0.05) is 48.2 Å². The van der Waals surface area contributed by atoms with E-state index in [1.807, 2.05) is 51.1 Å². The lowest BCUT2D eigenvalue weighted by Gasteiger charge is -2.36. The van der Waals surface area contributed by atoms with Crippen molar-refractivity contribution in [2.24, 2.45) is 0 Å². The second kappa shape index (κ2) is 11.7. The number of aliphatic hydroxyl groups is 1. The number of carbonyl (C=O) groups excluding carboxylic acids is 2. The fourth-order valence-electron chi connectivity index (χ4n) is 4.98. The number of nitrogens with zero attached hydrogens (tertiary/aromatic N) is 2. The van der Waals surface area contributed by atoms with Crippen molar-refractivity contribution >= 4 is 29.3 Å². The Bertz CT molecular complexity index is 1090. The Balaban J connectivity index is 1.46. The van der Waals surface area contributed by atoms with Gasteiger partial charge in [-0.15, -0.1) is 0 Å². The van der Waals surface area contributed by atoms with Crippen LogP contribution >= 0.6 is 11.6 Å². The summed E-state index contributed by atoms with van der Waals surface area (Å²) >= 11 is 6.29. The van der Waals surface area contributed by atoms with Crippen molar-refractivity contribution in [3.63, 3.8) is 0 Å². The molecule has 2 aromatic rings. The van der Waals surface area contributed by atoms with E-state index >= 15 is 0 Å². The molecule has 1 aromatic carbocycles. The fourth-order valence-corrected chi connectivity index (χ4v) is 5.13. The number of benzene rings is 1. The molecule has 37 heavy (non-hydrogen) atoms. The monoisotopic (exact) mass is 528 g/mol. The van der Waals surface area contributed by atoms with Gasteiger partial charge in [-0.3, -0.25) is 4.79 Å². The number of aliphatic hydroxyl groups excluding tert-OH is 1. The summed E-state index contributed by atoms with van der Waals surface area (Å²) in [7, 11) is 0. The van der Waals surface area contributed by atoms with Crippen LogP contribution < -0.4 is 15.5 Å². The van der Waals surface area contributed by atoms with Crippen LogP contribution in [0.3, 0.4) is 0 Å². The second-order valence-corrected chi connectivity index (χ2v) is 11.4. The van der Waals surface area contributed by atoms with Gasteiger partial charge in [-0.1, -0.05) is 23.7 Å². The smallest absolute Gasteiger partial charge is 0.407 e. The maximum atomic E-state index is 12.8. The van der Waals surface area contributed by atoms with E-state index in [9.17, 15) is 14.7 Å². The fraction of sp³-hybridized carbons (Fsp3) is 0.536. The van der Waals surface area contributed by atoms with Gasteiger partial charge < -0.3 is 25.4 Å². The minimum absolute atomic E-state index is 0.0460. The Labute approximate surface area is 223 Å². The van der Waals surface area contributed by atoms with E-state index in [0.717, 1.165) is 61.9 Å². The average molecular weight is 529 g/mol. The standard InChI is InChI=1S/C28H37ClN4O4/c1-28(2,3)37-27(36)32-21-5-4-14-33(17-21)24-15-25(29)30-16-23(24)18-6-8-19(9-7-18)26(35)31-20-10-12-22(34)13-11-20/h6-9,15-16,20-22,34H,4-5,10-14,17H2,1-3H3,(H,31,35)(H,32,36)/t20-,21-,22-/m0/s1. The number of nitrogens with one attached hydrogen (secondary N) is 2. The van der Waals surface area contributed by atoms with Crippen molar-refractivity contribution in [2.75, 3.05) is 18.0 Å². The summed E-state index contributed by atoms with van der Waals surface area (Å²) in [6, 6.07) is 9.40. The first-order valence-electron chi connectivity index (χ1n) is 13.1. The number of halogens is 1. The summed E-state index contributed by atoms with van der Waals surface area (Å²) in [5.41, 5.74) is 2.83. The van der Waals surface area contributed by atoms with E-state index in [-0.39, 0.29) is 24.1 Å². The largest absolute Gasteiger partial charge is 0.444 e. The average Bonchev–Trinajstić information content (AvgIpc) is 2.84. The number of rotatable bonds is 5. The zero-order valence-corrected chi connectivity index (χ0v) is 22.6. The molecule has 0 unspecified atom stereocenters. The number of ether oxygens (including phenoxy) is 1. The first-order chi connectivity index (χ1) is 17.6. The predicted molar refractivity (Wildman–Crippen MR) is 145 cm³/mol. The number of amides is 2. The van der Waals surface area contributed by atoms with E-state index in [2.05, 4.69) is 20.5 Å².